The Hall–Kier alpha value is -4.38. The van der Waals surface area contributed by atoms with Gasteiger partial charge in [-0.3, -0.25) is 10.1 Å². The molecule has 4 aromatic carbocycles. The maximum atomic E-state index is 10.9. The van der Waals surface area contributed by atoms with Crippen LogP contribution in [-0.4, -0.2) is 4.92 Å². The van der Waals surface area contributed by atoms with Crippen molar-refractivity contribution < 1.29 is 9.66 Å². The minimum Gasteiger partial charge on any atom is -0.462 e. The lowest BCUT2D eigenvalue weighted by atomic mass is 9.73. The molecule has 2 aliphatic rings. The Labute approximate surface area is 210 Å². The predicted molar refractivity (Wildman–Crippen MR) is 143 cm³/mol. The van der Waals surface area contributed by atoms with Crippen molar-refractivity contribution in [1.82, 2.24) is 0 Å². The van der Waals surface area contributed by atoms with Gasteiger partial charge in [0.1, 0.15) is 5.75 Å². The summed E-state index contributed by atoms with van der Waals surface area (Å²) in [7, 11) is 0. The van der Waals surface area contributed by atoms with Crippen molar-refractivity contribution in [3.8, 4) is 5.75 Å². The first kappa shape index (κ1) is 22.1. The number of nitro benzene ring substituents is 1. The average molecular weight is 475 g/mol. The zero-order valence-electron chi connectivity index (χ0n) is 20.2. The van der Waals surface area contributed by atoms with E-state index in [9.17, 15) is 10.1 Å². The van der Waals surface area contributed by atoms with Gasteiger partial charge < -0.3 is 9.64 Å². The summed E-state index contributed by atoms with van der Waals surface area (Å²) in [6, 6.07) is 32.0. The summed E-state index contributed by atoms with van der Waals surface area (Å²) < 4.78 is 7.02. The molecule has 0 radical (unpaired) electrons. The van der Waals surface area contributed by atoms with Crippen molar-refractivity contribution in [3.63, 3.8) is 0 Å². The van der Waals surface area contributed by atoms with Crippen LogP contribution < -0.4 is 9.64 Å². The number of fused-ring (bicyclic) bond motifs is 4. The molecule has 0 fully saturated rings. The number of nitrogens with zero attached hydrogens (tertiary/aromatic N) is 2. The van der Waals surface area contributed by atoms with E-state index in [0.717, 1.165) is 34.5 Å². The molecular weight excluding hydrogens is 448 g/mol. The molecule has 0 amide bonds. The van der Waals surface area contributed by atoms with Crippen molar-refractivity contribution >= 4 is 23.5 Å². The van der Waals surface area contributed by atoms with Crippen LogP contribution in [0, 0.1) is 10.1 Å². The molecule has 5 heteroatoms. The molecule has 1 atom stereocenters. The maximum Gasteiger partial charge on any atom is 0.269 e. The first-order valence-electron chi connectivity index (χ1n) is 12.1. The van der Waals surface area contributed by atoms with Gasteiger partial charge in [-0.15, -0.1) is 0 Å². The SMILES string of the molecule is CC1(C)c2ccccc2N2Cc3cc(/C=C\c4ccc([N+](=O)[O-])cc4)ccc3OC21c1ccccc1. The third-order valence-corrected chi connectivity index (χ3v) is 7.50. The van der Waals surface area contributed by atoms with E-state index in [1.807, 2.05) is 18.2 Å². The fourth-order valence-electron chi connectivity index (χ4n) is 5.70. The zero-order chi connectivity index (χ0) is 24.9. The monoisotopic (exact) mass is 474 g/mol. The van der Waals surface area contributed by atoms with Gasteiger partial charge in [0.2, 0.25) is 5.72 Å². The summed E-state index contributed by atoms with van der Waals surface area (Å²) in [5.74, 6) is 0.892. The third kappa shape index (κ3) is 3.23. The molecule has 0 saturated heterocycles. The van der Waals surface area contributed by atoms with E-state index in [1.54, 1.807) is 12.1 Å². The summed E-state index contributed by atoms with van der Waals surface area (Å²) in [5, 5.41) is 10.9. The second kappa shape index (κ2) is 8.09. The van der Waals surface area contributed by atoms with Gasteiger partial charge in [-0.1, -0.05) is 66.7 Å². The van der Waals surface area contributed by atoms with Crippen LogP contribution in [0.5, 0.6) is 5.75 Å². The highest BCUT2D eigenvalue weighted by Crippen LogP contribution is 2.59. The van der Waals surface area contributed by atoms with Crippen molar-refractivity contribution in [3.05, 3.63) is 135 Å². The molecule has 0 aliphatic carbocycles. The molecule has 0 aromatic heterocycles. The summed E-state index contributed by atoms with van der Waals surface area (Å²) in [6.07, 6.45) is 4.00. The fraction of sp³-hybridized carbons (Fsp3) is 0.161. The van der Waals surface area contributed by atoms with Crippen LogP contribution in [0.2, 0.25) is 0 Å². The lowest BCUT2D eigenvalue weighted by Gasteiger charge is -2.50. The lowest BCUT2D eigenvalue weighted by molar-refractivity contribution is -0.384. The van der Waals surface area contributed by atoms with Gasteiger partial charge in [0.15, 0.2) is 0 Å². The number of non-ortho nitro benzene ring substituents is 1. The topological polar surface area (TPSA) is 55.6 Å². The second-order valence-electron chi connectivity index (χ2n) is 9.89. The van der Waals surface area contributed by atoms with Crippen molar-refractivity contribution in [2.75, 3.05) is 4.90 Å². The quantitative estimate of drug-likeness (QED) is 0.177. The fourth-order valence-corrected chi connectivity index (χ4v) is 5.70. The molecule has 0 bridgehead atoms. The van der Waals surface area contributed by atoms with Crippen LogP contribution in [0.3, 0.4) is 0 Å². The van der Waals surface area contributed by atoms with E-state index in [2.05, 4.69) is 85.5 Å². The first-order chi connectivity index (χ1) is 17.4. The average Bonchev–Trinajstić information content (AvgIpc) is 3.10. The smallest absolute Gasteiger partial charge is 0.269 e. The Morgan fingerprint density at radius 2 is 1.53 bits per heavy atom. The maximum absolute atomic E-state index is 10.9. The number of anilines is 1. The molecule has 0 N–H and O–H groups in total. The van der Waals surface area contributed by atoms with E-state index in [0.29, 0.717) is 0 Å². The Morgan fingerprint density at radius 1 is 0.861 bits per heavy atom. The van der Waals surface area contributed by atoms with Gasteiger partial charge in [-0.25, -0.2) is 0 Å². The molecule has 1 unspecified atom stereocenters. The highest BCUT2D eigenvalue weighted by atomic mass is 16.6. The van der Waals surface area contributed by atoms with Crippen molar-refractivity contribution in [2.45, 2.75) is 31.5 Å². The molecule has 178 valence electrons. The van der Waals surface area contributed by atoms with Crippen LogP contribution >= 0.6 is 0 Å². The van der Waals surface area contributed by atoms with E-state index in [-0.39, 0.29) is 16.0 Å². The van der Waals surface area contributed by atoms with Crippen LogP contribution in [-0.2, 0) is 17.7 Å². The number of ether oxygens (including phenoxy) is 1. The van der Waals surface area contributed by atoms with E-state index >= 15 is 0 Å². The molecule has 5 nitrogen and oxygen atoms in total. The molecule has 0 saturated carbocycles. The molecular formula is C31H26N2O3. The van der Waals surface area contributed by atoms with Gasteiger partial charge in [-0.05, 0) is 60.9 Å². The molecule has 2 aliphatic heterocycles. The standard InChI is InChI=1S/C31H26N2O3/c1-30(2)27-10-6-7-11-28(27)32-21-24-20-23(13-12-22-14-17-26(18-15-22)33(34)35)16-19-29(24)36-31(30,32)25-8-4-3-5-9-25/h3-20H,21H2,1-2H3/b13-12-. The summed E-state index contributed by atoms with van der Waals surface area (Å²) in [5.41, 5.74) is 5.86. The number of benzene rings is 4. The molecule has 4 aromatic rings. The predicted octanol–water partition coefficient (Wildman–Crippen LogP) is 7.31. The Bertz CT molecular complexity index is 1490. The number of rotatable bonds is 4. The van der Waals surface area contributed by atoms with Gasteiger partial charge in [-0.2, -0.15) is 0 Å². The zero-order valence-corrected chi connectivity index (χ0v) is 20.2. The second-order valence-corrected chi connectivity index (χ2v) is 9.89. The summed E-state index contributed by atoms with van der Waals surface area (Å²) in [4.78, 5) is 12.9. The molecule has 0 spiro atoms. The Kier molecular flexibility index (Phi) is 4.97. The molecule has 2 heterocycles. The summed E-state index contributed by atoms with van der Waals surface area (Å²) >= 11 is 0. The van der Waals surface area contributed by atoms with E-state index in [4.69, 9.17) is 4.74 Å². The van der Waals surface area contributed by atoms with Crippen molar-refractivity contribution in [2.24, 2.45) is 0 Å². The van der Waals surface area contributed by atoms with Crippen LogP contribution in [0.15, 0.2) is 97.1 Å². The van der Waals surface area contributed by atoms with Crippen LogP contribution in [0.1, 0.15) is 41.7 Å². The van der Waals surface area contributed by atoms with Crippen molar-refractivity contribution in [1.29, 1.82) is 0 Å². The highest BCUT2D eigenvalue weighted by molar-refractivity contribution is 5.73. The van der Waals surface area contributed by atoms with Crippen LogP contribution in [0.4, 0.5) is 11.4 Å². The normalized spacial score (nSPS) is 19.3. The minimum atomic E-state index is -0.652. The number of hydrogen-bond acceptors (Lipinski definition) is 4. The van der Waals surface area contributed by atoms with Gasteiger partial charge in [0, 0.05) is 28.9 Å². The molecule has 6 rings (SSSR count). The lowest BCUT2D eigenvalue weighted by Crippen LogP contribution is -2.58. The summed E-state index contributed by atoms with van der Waals surface area (Å²) in [6.45, 7) is 5.26. The molecule has 36 heavy (non-hydrogen) atoms. The van der Waals surface area contributed by atoms with E-state index in [1.165, 1.54) is 23.4 Å². The Balaban J connectivity index is 1.40. The Morgan fingerprint density at radius 3 is 2.28 bits per heavy atom. The highest BCUT2D eigenvalue weighted by Gasteiger charge is 2.61. The number of hydrogen-bond donors (Lipinski definition) is 0. The van der Waals surface area contributed by atoms with E-state index < -0.39 is 5.72 Å². The third-order valence-electron chi connectivity index (χ3n) is 7.50. The first-order valence-corrected chi connectivity index (χ1v) is 12.1. The van der Waals surface area contributed by atoms with Gasteiger partial charge in [0.25, 0.3) is 5.69 Å². The number of nitro groups is 1. The van der Waals surface area contributed by atoms with Gasteiger partial charge >= 0.3 is 0 Å². The minimum absolute atomic E-state index is 0.0915. The van der Waals surface area contributed by atoms with Crippen LogP contribution in [0.25, 0.3) is 12.2 Å². The van der Waals surface area contributed by atoms with Gasteiger partial charge in [0.05, 0.1) is 16.9 Å². The largest absolute Gasteiger partial charge is 0.462 e. The number of para-hydroxylation sites is 1.